The average molecular weight is 423 g/mol. The molecule has 0 fully saturated rings. The predicted molar refractivity (Wildman–Crippen MR) is 128 cm³/mol. The van der Waals surface area contributed by atoms with E-state index in [1.54, 1.807) is 6.08 Å². The van der Waals surface area contributed by atoms with Gasteiger partial charge in [-0.1, -0.05) is 67.0 Å². The number of aliphatic hydroxyl groups excluding tert-OH is 1. The molecule has 0 bridgehead atoms. The maximum absolute atomic E-state index is 10.9. The Bertz CT molecular complexity index is 1080. The molecule has 0 aromatic carbocycles. The predicted octanol–water partition coefficient (Wildman–Crippen LogP) is 5.16. The number of aromatic nitrogens is 4. The lowest BCUT2D eigenvalue weighted by molar-refractivity contribution is 0.342. The van der Waals surface area contributed by atoms with Gasteiger partial charge in [-0.05, 0) is 51.0 Å². The molecule has 2 heterocycles. The van der Waals surface area contributed by atoms with Gasteiger partial charge >= 0.3 is 0 Å². The van der Waals surface area contributed by atoms with Crippen molar-refractivity contribution in [2.45, 2.75) is 53.9 Å². The second-order valence-corrected chi connectivity index (χ2v) is 8.53. The van der Waals surface area contributed by atoms with Crippen LogP contribution in [0, 0.1) is 5.41 Å². The minimum atomic E-state index is -0.168. The molecule has 166 valence electrons. The van der Waals surface area contributed by atoms with Crippen LogP contribution < -0.4 is 5.56 Å². The van der Waals surface area contributed by atoms with Gasteiger partial charge in [-0.25, -0.2) is 4.98 Å². The van der Waals surface area contributed by atoms with Crippen molar-refractivity contribution >= 4 is 11.0 Å². The van der Waals surface area contributed by atoms with Crippen LogP contribution >= 0.6 is 0 Å². The van der Waals surface area contributed by atoms with E-state index in [1.165, 1.54) is 48.5 Å². The highest BCUT2D eigenvalue weighted by atomic mass is 16.2. The fourth-order valence-corrected chi connectivity index (χ4v) is 3.62. The van der Waals surface area contributed by atoms with E-state index in [1.807, 2.05) is 19.1 Å². The molecule has 0 amide bonds. The van der Waals surface area contributed by atoms with Crippen LogP contribution in [0.2, 0.25) is 0 Å². The zero-order chi connectivity index (χ0) is 22.9. The van der Waals surface area contributed by atoms with Crippen LogP contribution in [0.3, 0.4) is 0 Å². The Morgan fingerprint density at radius 3 is 2.71 bits per heavy atom. The third-order valence-electron chi connectivity index (χ3n) is 5.44. The van der Waals surface area contributed by atoms with Crippen molar-refractivity contribution in [2.75, 3.05) is 6.61 Å². The van der Waals surface area contributed by atoms with Crippen LogP contribution in [0.1, 0.15) is 53.9 Å². The Kier molecular flexibility index (Phi) is 8.94. The number of H-pyrrole nitrogens is 2. The number of rotatable bonds is 5. The number of allylic oxidation sites excluding steroid dienone is 9. The van der Waals surface area contributed by atoms with E-state index in [4.69, 9.17) is 5.11 Å². The molecule has 3 rings (SSSR count). The first kappa shape index (κ1) is 24.3. The maximum atomic E-state index is 10.9. The quantitative estimate of drug-likeness (QED) is 0.580. The van der Waals surface area contributed by atoms with Crippen molar-refractivity contribution in [1.29, 1.82) is 0 Å². The first-order chi connectivity index (χ1) is 14.7. The smallest absolute Gasteiger partial charge is 0.261 e. The summed E-state index contributed by atoms with van der Waals surface area (Å²) in [6.45, 7) is 11.2. The van der Waals surface area contributed by atoms with E-state index in [9.17, 15) is 4.79 Å². The maximum Gasteiger partial charge on any atom is 0.261 e. The fraction of sp³-hybridized carbons (Fsp3) is 0.400. The van der Waals surface area contributed by atoms with Crippen molar-refractivity contribution in [3.63, 3.8) is 0 Å². The highest BCUT2D eigenvalue weighted by Gasteiger charge is 2.26. The number of hydrogen-bond donors (Lipinski definition) is 3. The number of aromatic amines is 2. The topological polar surface area (TPSA) is 94.7 Å². The van der Waals surface area contributed by atoms with Crippen molar-refractivity contribution in [1.82, 2.24) is 20.2 Å². The highest BCUT2D eigenvalue weighted by molar-refractivity contribution is 5.71. The molecule has 1 aliphatic rings. The van der Waals surface area contributed by atoms with Gasteiger partial charge < -0.3 is 10.1 Å². The van der Waals surface area contributed by atoms with Crippen LogP contribution in [0.4, 0.5) is 0 Å². The van der Waals surface area contributed by atoms with E-state index in [0.29, 0.717) is 16.4 Å². The summed E-state index contributed by atoms with van der Waals surface area (Å²) in [5, 5.41) is 15.5. The van der Waals surface area contributed by atoms with Gasteiger partial charge in [0, 0.05) is 0 Å². The lowest BCUT2D eigenvalue weighted by Crippen LogP contribution is -2.19. The molecule has 2 aromatic rings. The van der Waals surface area contributed by atoms with Crippen LogP contribution in [0.5, 0.6) is 0 Å². The van der Waals surface area contributed by atoms with E-state index in [0.717, 1.165) is 5.57 Å². The van der Waals surface area contributed by atoms with Gasteiger partial charge in [-0.15, -0.1) is 0 Å². The average Bonchev–Trinajstić information content (AvgIpc) is 3.18. The van der Waals surface area contributed by atoms with E-state index in [2.05, 4.69) is 66.1 Å². The molecule has 0 saturated carbocycles. The summed E-state index contributed by atoms with van der Waals surface area (Å²) in [6, 6.07) is 0. The van der Waals surface area contributed by atoms with E-state index in [-0.39, 0.29) is 12.2 Å². The third kappa shape index (κ3) is 7.33. The Balaban J connectivity index is 0.000000280. The molecular formula is C25H34N4O2. The van der Waals surface area contributed by atoms with Gasteiger partial charge in [-0.2, -0.15) is 5.10 Å². The molecule has 6 heteroatoms. The molecule has 0 atom stereocenters. The minimum absolute atomic E-state index is 0.0985. The van der Waals surface area contributed by atoms with Crippen LogP contribution in [-0.2, 0) is 0 Å². The van der Waals surface area contributed by atoms with Gasteiger partial charge in [-0.3, -0.25) is 9.89 Å². The van der Waals surface area contributed by atoms with E-state index >= 15 is 0 Å². The molecule has 1 aliphatic carbocycles. The van der Waals surface area contributed by atoms with Gasteiger partial charge in [0.05, 0.1) is 19.1 Å². The Morgan fingerprint density at radius 2 is 2.03 bits per heavy atom. The lowest BCUT2D eigenvalue weighted by Gasteiger charge is -2.32. The van der Waals surface area contributed by atoms with E-state index < -0.39 is 0 Å². The molecule has 2 aromatic heterocycles. The Morgan fingerprint density at radius 1 is 1.26 bits per heavy atom. The highest BCUT2D eigenvalue weighted by Crippen LogP contribution is 2.40. The summed E-state index contributed by atoms with van der Waals surface area (Å²) < 4.78 is 0. The number of nitrogens with zero attached hydrogens (tertiary/aromatic N) is 2. The minimum Gasteiger partial charge on any atom is -0.392 e. The second kappa shape index (κ2) is 11.4. The van der Waals surface area contributed by atoms with Gasteiger partial charge in [0.1, 0.15) is 5.39 Å². The van der Waals surface area contributed by atoms with Crippen molar-refractivity contribution in [3.8, 4) is 0 Å². The molecule has 0 aliphatic heterocycles. The largest absolute Gasteiger partial charge is 0.392 e. The SMILES string of the molecule is CC1=C(/C=C/C(C)=C/C=C/C(C)=C/CO)C(C)(C)CCC1.O=c1[nH]cnc2[nH]ncc12. The number of aliphatic hydroxyl groups is 1. The van der Waals surface area contributed by atoms with Crippen LogP contribution in [0.25, 0.3) is 11.0 Å². The molecule has 6 nitrogen and oxygen atoms in total. The molecule has 0 unspecified atom stereocenters. The molecule has 3 N–H and O–H groups in total. The molecule has 0 saturated heterocycles. The molecule has 31 heavy (non-hydrogen) atoms. The zero-order valence-electron chi connectivity index (χ0n) is 19.2. The lowest BCUT2D eigenvalue weighted by atomic mass is 9.72. The second-order valence-electron chi connectivity index (χ2n) is 8.53. The molecular weight excluding hydrogens is 388 g/mol. The van der Waals surface area contributed by atoms with Gasteiger partial charge in [0.15, 0.2) is 5.65 Å². The monoisotopic (exact) mass is 422 g/mol. The molecule has 0 spiro atoms. The number of hydrogen-bond acceptors (Lipinski definition) is 4. The van der Waals surface area contributed by atoms with Crippen molar-refractivity contribution < 1.29 is 5.11 Å². The summed E-state index contributed by atoms with van der Waals surface area (Å²) in [6.07, 6.45) is 19.1. The summed E-state index contributed by atoms with van der Waals surface area (Å²) in [5.41, 5.74) is 6.01. The Hall–Kier alpha value is -2.99. The van der Waals surface area contributed by atoms with Crippen LogP contribution in [-0.4, -0.2) is 31.9 Å². The first-order valence-electron chi connectivity index (χ1n) is 10.6. The molecule has 0 radical (unpaired) electrons. The number of nitrogens with one attached hydrogen (secondary N) is 2. The summed E-state index contributed by atoms with van der Waals surface area (Å²) >= 11 is 0. The fourth-order valence-electron chi connectivity index (χ4n) is 3.62. The van der Waals surface area contributed by atoms with Gasteiger partial charge in [0.25, 0.3) is 5.56 Å². The number of fused-ring (bicyclic) bond motifs is 1. The first-order valence-corrected chi connectivity index (χ1v) is 10.6. The summed E-state index contributed by atoms with van der Waals surface area (Å²) in [5.74, 6) is 0. The summed E-state index contributed by atoms with van der Waals surface area (Å²) in [7, 11) is 0. The van der Waals surface area contributed by atoms with Gasteiger partial charge in [0.2, 0.25) is 0 Å². The zero-order valence-corrected chi connectivity index (χ0v) is 19.2. The Labute approximate surface area is 184 Å². The summed E-state index contributed by atoms with van der Waals surface area (Å²) in [4.78, 5) is 17.1. The normalized spacial score (nSPS) is 17.5. The van der Waals surface area contributed by atoms with Crippen molar-refractivity contribution in [2.24, 2.45) is 5.41 Å². The van der Waals surface area contributed by atoms with Crippen LogP contribution in [0.15, 0.2) is 76.1 Å². The standard InChI is InChI=1S/C20H30O.C5H4N4O/c1-16(8-6-9-17(2)13-15-21)11-12-19-18(3)10-7-14-20(19,4)5;10-5-3-1-8-9-4(3)6-2-7-5/h6,8-9,11-13,21H,7,10,14-15H2,1-5H3;1-2H,(H2,6,7,8,9,10)/b9-6+,12-11+,16-8+,17-13+;. The van der Waals surface area contributed by atoms with Crippen molar-refractivity contribution in [3.05, 3.63) is 81.6 Å². The third-order valence-corrected chi connectivity index (χ3v) is 5.44.